The van der Waals surface area contributed by atoms with Gasteiger partial charge in [-0.1, -0.05) is 13.0 Å². The lowest BCUT2D eigenvalue weighted by molar-refractivity contribution is -0.00928. The first-order valence-electron chi connectivity index (χ1n) is 8.89. The summed E-state index contributed by atoms with van der Waals surface area (Å²) < 4.78 is 5.51. The lowest BCUT2D eigenvalue weighted by atomic mass is 9.82. The largest absolute Gasteiger partial charge is 0.459 e. The second kappa shape index (κ2) is 8.08. The van der Waals surface area contributed by atoms with Crippen LogP contribution in [-0.2, 0) is 11.2 Å². The number of aromatic nitrogens is 1. The highest BCUT2D eigenvalue weighted by Gasteiger charge is 2.33. The van der Waals surface area contributed by atoms with Crippen LogP contribution in [0.1, 0.15) is 35.7 Å². The number of hydrogen-bond acceptors (Lipinski definition) is 6. The van der Waals surface area contributed by atoms with E-state index in [4.69, 9.17) is 4.74 Å². The third-order valence-corrected chi connectivity index (χ3v) is 4.82. The molecule has 1 saturated carbocycles. The monoisotopic (exact) mass is 353 g/mol. The molecule has 0 amide bonds. The molecule has 1 aliphatic carbocycles. The van der Waals surface area contributed by atoms with Gasteiger partial charge in [-0.2, -0.15) is 0 Å². The van der Waals surface area contributed by atoms with Crippen LogP contribution < -0.4 is 4.90 Å². The van der Waals surface area contributed by atoms with Crippen LogP contribution in [0.15, 0.2) is 47.8 Å². The van der Waals surface area contributed by atoms with Gasteiger partial charge in [0.25, 0.3) is 0 Å². The van der Waals surface area contributed by atoms with Crippen molar-refractivity contribution in [2.24, 2.45) is 11.1 Å². The second-order valence-corrected chi connectivity index (χ2v) is 6.76. The molecular weight excluding hydrogens is 330 g/mol. The van der Waals surface area contributed by atoms with Crippen molar-refractivity contribution >= 4 is 17.5 Å². The Hall–Kier alpha value is -2.76. The van der Waals surface area contributed by atoms with Crippen molar-refractivity contribution in [2.75, 3.05) is 18.5 Å². The summed E-state index contributed by atoms with van der Waals surface area (Å²) in [5.41, 5.74) is 1.97. The Labute approximate surface area is 153 Å². The van der Waals surface area contributed by atoms with Crippen molar-refractivity contribution in [2.45, 2.75) is 32.3 Å². The SMILES string of the molecule is CCc1ccc(N(C)CC2CC(OC(=O)c3ccc(N=O)cc3)C2)nc1. The van der Waals surface area contributed by atoms with Crippen molar-refractivity contribution < 1.29 is 9.53 Å². The highest BCUT2D eigenvalue weighted by atomic mass is 16.5. The molecule has 2 aromatic rings. The van der Waals surface area contributed by atoms with E-state index in [0.717, 1.165) is 31.6 Å². The van der Waals surface area contributed by atoms with Gasteiger partial charge in [-0.25, -0.2) is 9.78 Å². The van der Waals surface area contributed by atoms with Crippen LogP contribution in [0.3, 0.4) is 0 Å². The lowest BCUT2D eigenvalue weighted by Gasteiger charge is -2.37. The topological polar surface area (TPSA) is 71.9 Å². The molecule has 0 atom stereocenters. The minimum Gasteiger partial charge on any atom is -0.459 e. The summed E-state index contributed by atoms with van der Waals surface area (Å²) in [6.07, 6.45) is 4.58. The Bertz CT molecular complexity index is 753. The molecule has 0 spiro atoms. The van der Waals surface area contributed by atoms with E-state index in [0.29, 0.717) is 17.2 Å². The smallest absolute Gasteiger partial charge is 0.338 e. The normalized spacial score (nSPS) is 18.7. The predicted octanol–water partition coefficient (Wildman–Crippen LogP) is 4.11. The van der Waals surface area contributed by atoms with E-state index < -0.39 is 0 Å². The molecule has 0 bridgehead atoms. The average molecular weight is 353 g/mol. The van der Waals surface area contributed by atoms with Gasteiger partial charge in [0.1, 0.15) is 17.6 Å². The molecule has 6 nitrogen and oxygen atoms in total. The third-order valence-electron chi connectivity index (χ3n) is 4.82. The van der Waals surface area contributed by atoms with Gasteiger partial charge in [0, 0.05) is 19.8 Å². The van der Waals surface area contributed by atoms with Gasteiger partial charge in [-0.15, -0.1) is 4.91 Å². The minimum absolute atomic E-state index is 0.0415. The van der Waals surface area contributed by atoms with E-state index in [1.54, 1.807) is 12.1 Å². The average Bonchev–Trinajstić information content (AvgIpc) is 2.66. The Balaban J connectivity index is 1.44. The van der Waals surface area contributed by atoms with Crippen LogP contribution in [0, 0.1) is 10.8 Å². The predicted molar refractivity (Wildman–Crippen MR) is 101 cm³/mol. The molecule has 1 fully saturated rings. The molecular formula is C20H23N3O3. The number of rotatable bonds is 7. The number of pyridine rings is 1. The summed E-state index contributed by atoms with van der Waals surface area (Å²) in [6, 6.07) is 10.3. The first-order valence-corrected chi connectivity index (χ1v) is 8.89. The van der Waals surface area contributed by atoms with Gasteiger partial charge in [0.2, 0.25) is 0 Å². The standard InChI is InChI=1S/C20H23N3O3/c1-3-14-4-9-19(21-12-14)23(2)13-15-10-18(11-15)26-20(24)16-5-7-17(22-25)8-6-16/h4-9,12,15,18H,3,10-11,13H2,1-2H3. The van der Waals surface area contributed by atoms with Gasteiger partial charge in [0.05, 0.1) is 5.56 Å². The van der Waals surface area contributed by atoms with Gasteiger partial charge in [-0.05, 0) is 66.3 Å². The van der Waals surface area contributed by atoms with Crippen molar-refractivity contribution in [1.82, 2.24) is 4.98 Å². The number of hydrogen-bond donors (Lipinski definition) is 0. The summed E-state index contributed by atoms with van der Waals surface area (Å²) in [6.45, 7) is 3.01. The van der Waals surface area contributed by atoms with Crippen LogP contribution in [0.5, 0.6) is 0 Å². The number of carbonyl (C=O) groups is 1. The molecule has 1 heterocycles. The Kier molecular flexibility index (Phi) is 5.61. The van der Waals surface area contributed by atoms with E-state index >= 15 is 0 Å². The van der Waals surface area contributed by atoms with Crippen molar-refractivity contribution in [3.8, 4) is 0 Å². The number of esters is 1. The molecule has 1 aliphatic rings. The fraction of sp³-hybridized carbons (Fsp3) is 0.400. The Morgan fingerprint density at radius 1 is 1.23 bits per heavy atom. The maximum Gasteiger partial charge on any atom is 0.338 e. The minimum atomic E-state index is -0.351. The molecule has 3 rings (SSSR count). The van der Waals surface area contributed by atoms with E-state index in [9.17, 15) is 9.70 Å². The maximum atomic E-state index is 12.1. The summed E-state index contributed by atoms with van der Waals surface area (Å²) in [7, 11) is 2.04. The highest BCUT2D eigenvalue weighted by molar-refractivity contribution is 5.89. The summed E-state index contributed by atoms with van der Waals surface area (Å²) >= 11 is 0. The van der Waals surface area contributed by atoms with Gasteiger partial charge in [-0.3, -0.25) is 0 Å². The molecule has 0 saturated heterocycles. The fourth-order valence-corrected chi connectivity index (χ4v) is 3.13. The highest BCUT2D eigenvalue weighted by Crippen LogP contribution is 2.32. The zero-order chi connectivity index (χ0) is 18.5. The quantitative estimate of drug-likeness (QED) is 0.553. The van der Waals surface area contributed by atoms with Crippen LogP contribution in [0.2, 0.25) is 0 Å². The van der Waals surface area contributed by atoms with Crippen molar-refractivity contribution in [3.63, 3.8) is 0 Å². The van der Waals surface area contributed by atoms with E-state index in [1.807, 2.05) is 19.3 Å². The van der Waals surface area contributed by atoms with Crippen LogP contribution >= 0.6 is 0 Å². The number of anilines is 1. The number of aryl methyl sites for hydroxylation is 1. The molecule has 0 aliphatic heterocycles. The fourth-order valence-electron chi connectivity index (χ4n) is 3.13. The van der Waals surface area contributed by atoms with Gasteiger partial charge >= 0.3 is 5.97 Å². The van der Waals surface area contributed by atoms with Crippen molar-refractivity contribution in [1.29, 1.82) is 0 Å². The molecule has 1 aromatic carbocycles. The van der Waals surface area contributed by atoms with Crippen LogP contribution in [0.25, 0.3) is 0 Å². The first-order chi connectivity index (χ1) is 12.6. The third kappa shape index (κ3) is 4.25. The molecule has 0 radical (unpaired) electrons. The molecule has 1 aromatic heterocycles. The lowest BCUT2D eigenvalue weighted by Crippen LogP contribution is -2.39. The summed E-state index contributed by atoms with van der Waals surface area (Å²) in [5, 5.41) is 2.82. The molecule has 6 heteroatoms. The maximum absolute atomic E-state index is 12.1. The van der Waals surface area contributed by atoms with E-state index in [1.165, 1.54) is 17.7 Å². The zero-order valence-corrected chi connectivity index (χ0v) is 15.1. The molecule has 0 N–H and O–H groups in total. The first kappa shape index (κ1) is 18.0. The zero-order valence-electron chi connectivity index (χ0n) is 15.1. The van der Waals surface area contributed by atoms with Crippen LogP contribution in [-0.4, -0.2) is 30.6 Å². The van der Waals surface area contributed by atoms with Crippen LogP contribution in [0.4, 0.5) is 11.5 Å². The number of nitrogens with zero attached hydrogens (tertiary/aromatic N) is 3. The number of ether oxygens (including phenoxy) is 1. The second-order valence-electron chi connectivity index (χ2n) is 6.76. The molecule has 26 heavy (non-hydrogen) atoms. The number of nitroso groups, excluding NO2 is 1. The summed E-state index contributed by atoms with van der Waals surface area (Å²) in [4.78, 5) is 29.2. The van der Waals surface area contributed by atoms with Crippen molar-refractivity contribution in [3.05, 3.63) is 58.6 Å². The Morgan fingerprint density at radius 2 is 1.96 bits per heavy atom. The summed E-state index contributed by atoms with van der Waals surface area (Å²) in [5.74, 6) is 1.11. The molecule has 0 unspecified atom stereocenters. The number of benzene rings is 1. The van der Waals surface area contributed by atoms with Gasteiger partial charge < -0.3 is 9.64 Å². The van der Waals surface area contributed by atoms with Gasteiger partial charge in [0.15, 0.2) is 0 Å². The number of carbonyl (C=O) groups excluding carboxylic acids is 1. The van der Waals surface area contributed by atoms with E-state index in [-0.39, 0.29) is 12.1 Å². The molecule has 136 valence electrons. The van der Waals surface area contributed by atoms with E-state index in [2.05, 4.69) is 28.1 Å². The Morgan fingerprint density at radius 3 is 2.54 bits per heavy atom.